The molecular formula is C24H18FN3OS. The first-order valence-electron chi connectivity index (χ1n) is 9.98. The van der Waals surface area contributed by atoms with Crippen molar-refractivity contribution in [3.05, 3.63) is 93.6 Å². The molecule has 0 saturated carbocycles. The van der Waals surface area contributed by atoms with Crippen LogP contribution in [-0.4, -0.2) is 15.3 Å². The van der Waals surface area contributed by atoms with Crippen LogP contribution in [0, 0.1) is 5.82 Å². The van der Waals surface area contributed by atoms with Crippen LogP contribution in [0.4, 0.5) is 10.3 Å². The van der Waals surface area contributed by atoms with E-state index in [1.54, 1.807) is 23.5 Å². The maximum Gasteiger partial charge on any atom is 0.209 e. The number of Topliss-reactive ketones (excluding diaryl/α,β-unsaturated/α-hetero) is 1. The van der Waals surface area contributed by atoms with Crippen LogP contribution in [0.5, 0.6) is 0 Å². The SMILES string of the molecule is O=C1C[C@H](c2ccc(F)cc2)CC2=C1[C@@H](c1cccs1)n1c(nc3ccccc31)N2. The number of imidazole rings is 1. The molecule has 0 bridgehead atoms. The van der Waals surface area contributed by atoms with E-state index in [1.165, 1.54) is 12.1 Å². The van der Waals surface area contributed by atoms with E-state index in [1.807, 2.05) is 35.7 Å². The number of fused-ring (bicyclic) bond motifs is 3. The van der Waals surface area contributed by atoms with Gasteiger partial charge in [-0.3, -0.25) is 9.36 Å². The Morgan fingerprint density at radius 2 is 1.87 bits per heavy atom. The van der Waals surface area contributed by atoms with Crippen LogP contribution in [0.1, 0.15) is 35.2 Å². The number of para-hydroxylation sites is 2. The summed E-state index contributed by atoms with van der Waals surface area (Å²) in [5, 5.41) is 5.51. The summed E-state index contributed by atoms with van der Waals surface area (Å²) in [5.74, 6) is 0.674. The minimum absolute atomic E-state index is 0.0317. The first-order chi connectivity index (χ1) is 14.7. The van der Waals surface area contributed by atoms with Crippen LogP contribution in [0.25, 0.3) is 11.0 Å². The van der Waals surface area contributed by atoms with Crippen LogP contribution >= 0.6 is 11.3 Å². The summed E-state index contributed by atoms with van der Waals surface area (Å²) in [4.78, 5) is 19.4. The third-order valence-corrected chi connectivity index (χ3v) is 6.98. The quantitative estimate of drug-likeness (QED) is 0.460. The third-order valence-electron chi connectivity index (χ3n) is 6.05. The van der Waals surface area contributed by atoms with Gasteiger partial charge in [-0.25, -0.2) is 9.37 Å². The molecule has 2 atom stereocenters. The molecule has 2 aliphatic rings. The lowest BCUT2D eigenvalue weighted by atomic mass is 9.78. The van der Waals surface area contributed by atoms with Crippen LogP contribution in [-0.2, 0) is 4.79 Å². The Morgan fingerprint density at radius 1 is 1.03 bits per heavy atom. The van der Waals surface area contributed by atoms with E-state index >= 15 is 0 Å². The Bertz CT molecular complexity index is 1300. The molecule has 0 spiro atoms. The van der Waals surface area contributed by atoms with E-state index in [0.717, 1.165) is 38.7 Å². The number of rotatable bonds is 2. The van der Waals surface area contributed by atoms with Gasteiger partial charge in [-0.2, -0.15) is 0 Å². The van der Waals surface area contributed by atoms with E-state index in [-0.39, 0.29) is 23.6 Å². The van der Waals surface area contributed by atoms with Crippen LogP contribution in [0.2, 0.25) is 0 Å². The van der Waals surface area contributed by atoms with Gasteiger partial charge in [0.15, 0.2) is 5.78 Å². The average molecular weight is 415 g/mol. The summed E-state index contributed by atoms with van der Waals surface area (Å²) < 4.78 is 15.5. The maximum atomic E-state index is 13.5. The summed E-state index contributed by atoms with van der Waals surface area (Å²) >= 11 is 1.66. The summed E-state index contributed by atoms with van der Waals surface area (Å²) in [7, 11) is 0. The number of thiophene rings is 1. The molecule has 1 aliphatic heterocycles. The Balaban J connectivity index is 1.50. The predicted molar refractivity (Wildman–Crippen MR) is 116 cm³/mol. The molecule has 0 fully saturated rings. The summed E-state index contributed by atoms with van der Waals surface area (Å²) in [6, 6.07) is 18.5. The van der Waals surface area contributed by atoms with Crippen molar-refractivity contribution in [1.29, 1.82) is 0 Å². The predicted octanol–water partition coefficient (Wildman–Crippen LogP) is 5.65. The normalized spacial score (nSPS) is 20.8. The van der Waals surface area contributed by atoms with Crippen molar-refractivity contribution in [2.24, 2.45) is 0 Å². The van der Waals surface area contributed by atoms with Gasteiger partial charge in [0.05, 0.1) is 11.0 Å². The Kier molecular flexibility index (Phi) is 3.89. The van der Waals surface area contributed by atoms with Gasteiger partial charge in [0.25, 0.3) is 0 Å². The zero-order valence-electron chi connectivity index (χ0n) is 16.0. The lowest BCUT2D eigenvalue weighted by Crippen LogP contribution is -2.32. The first kappa shape index (κ1) is 17.6. The number of hydrogen-bond donors (Lipinski definition) is 1. The number of allylic oxidation sites excluding steroid dienone is 2. The number of ketones is 1. The zero-order valence-corrected chi connectivity index (χ0v) is 16.8. The van der Waals surface area contributed by atoms with Crippen molar-refractivity contribution < 1.29 is 9.18 Å². The number of carbonyl (C=O) groups is 1. The Labute approximate surface area is 176 Å². The molecule has 0 radical (unpaired) electrons. The van der Waals surface area contributed by atoms with Gasteiger partial charge < -0.3 is 5.32 Å². The molecule has 0 unspecified atom stereocenters. The van der Waals surface area contributed by atoms with Crippen LogP contribution in [0.15, 0.2) is 77.3 Å². The van der Waals surface area contributed by atoms with Gasteiger partial charge in [0.1, 0.15) is 11.9 Å². The molecule has 6 rings (SSSR count). The summed E-state index contributed by atoms with van der Waals surface area (Å²) in [6.45, 7) is 0. The second-order valence-electron chi connectivity index (χ2n) is 7.81. The topological polar surface area (TPSA) is 46.9 Å². The lowest BCUT2D eigenvalue weighted by Gasteiger charge is -2.35. The molecule has 4 aromatic rings. The number of carbonyl (C=O) groups excluding carboxylic acids is 1. The largest absolute Gasteiger partial charge is 0.329 e. The molecule has 30 heavy (non-hydrogen) atoms. The summed E-state index contributed by atoms with van der Waals surface area (Å²) in [6.07, 6.45) is 1.13. The van der Waals surface area contributed by atoms with Crippen molar-refractivity contribution in [3.8, 4) is 0 Å². The lowest BCUT2D eigenvalue weighted by molar-refractivity contribution is -0.116. The number of nitrogens with one attached hydrogen (secondary N) is 1. The Hall–Kier alpha value is -3.25. The average Bonchev–Trinajstić information content (AvgIpc) is 3.40. The monoisotopic (exact) mass is 415 g/mol. The van der Waals surface area contributed by atoms with Crippen molar-refractivity contribution in [3.63, 3.8) is 0 Å². The van der Waals surface area contributed by atoms with Gasteiger partial charge in [-0.15, -0.1) is 11.3 Å². The molecule has 4 nitrogen and oxygen atoms in total. The zero-order chi connectivity index (χ0) is 20.2. The van der Waals surface area contributed by atoms with E-state index in [0.29, 0.717) is 12.8 Å². The van der Waals surface area contributed by atoms with E-state index in [9.17, 15) is 9.18 Å². The van der Waals surface area contributed by atoms with Gasteiger partial charge in [-0.1, -0.05) is 30.3 Å². The summed E-state index contributed by atoms with van der Waals surface area (Å²) in [5.41, 5.74) is 4.67. The molecule has 1 N–H and O–H groups in total. The second kappa shape index (κ2) is 6.64. The van der Waals surface area contributed by atoms with E-state index in [2.05, 4.69) is 16.0 Å². The number of halogens is 1. The van der Waals surface area contributed by atoms with Crippen molar-refractivity contribution in [2.75, 3.05) is 5.32 Å². The molecule has 1 aliphatic carbocycles. The minimum atomic E-state index is -0.261. The molecule has 6 heteroatoms. The highest BCUT2D eigenvalue weighted by molar-refractivity contribution is 7.10. The number of benzene rings is 2. The standard InChI is InChI=1S/C24H18FN3OS/c25-16-9-7-14(8-10-16)15-12-18-22(20(29)13-15)23(21-6-3-11-30-21)28-19-5-2-1-4-17(19)26-24(28)27-18/h1-11,15,23H,12-13H2,(H,26,27)/t15-,23-/m1/s1. The van der Waals surface area contributed by atoms with Crippen molar-refractivity contribution in [2.45, 2.75) is 24.8 Å². The van der Waals surface area contributed by atoms with Crippen LogP contribution in [0.3, 0.4) is 0 Å². The number of anilines is 1. The first-order valence-corrected chi connectivity index (χ1v) is 10.9. The highest BCUT2D eigenvalue weighted by Gasteiger charge is 2.39. The number of aromatic nitrogens is 2. The number of hydrogen-bond acceptors (Lipinski definition) is 4. The molecule has 2 aromatic carbocycles. The molecule has 0 saturated heterocycles. The van der Waals surface area contributed by atoms with Crippen molar-refractivity contribution in [1.82, 2.24) is 9.55 Å². The molecular weight excluding hydrogens is 397 g/mol. The van der Waals surface area contributed by atoms with Gasteiger partial charge in [0.2, 0.25) is 5.95 Å². The van der Waals surface area contributed by atoms with Gasteiger partial charge in [0, 0.05) is 22.6 Å². The second-order valence-corrected chi connectivity index (χ2v) is 8.79. The highest BCUT2D eigenvalue weighted by Crippen LogP contribution is 2.46. The molecule has 148 valence electrons. The fourth-order valence-corrected chi connectivity index (χ4v) is 5.54. The fraction of sp³-hybridized carbons (Fsp3) is 0.167. The molecule has 0 amide bonds. The molecule has 3 heterocycles. The minimum Gasteiger partial charge on any atom is -0.329 e. The van der Waals surface area contributed by atoms with Crippen molar-refractivity contribution >= 4 is 34.1 Å². The maximum absolute atomic E-state index is 13.5. The van der Waals surface area contributed by atoms with E-state index < -0.39 is 0 Å². The Morgan fingerprint density at radius 3 is 2.67 bits per heavy atom. The smallest absolute Gasteiger partial charge is 0.209 e. The third kappa shape index (κ3) is 2.64. The van der Waals surface area contributed by atoms with Gasteiger partial charge in [-0.05, 0) is 53.6 Å². The molecule has 2 aromatic heterocycles. The highest BCUT2D eigenvalue weighted by atomic mass is 32.1. The van der Waals surface area contributed by atoms with Crippen LogP contribution < -0.4 is 5.32 Å². The van der Waals surface area contributed by atoms with Gasteiger partial charge >= 0.3 is 0 Å². The fourth-order valence-electron chi connectivity index (χ4n) is 4.71. The number of nitrogens with zero attached hydrogens (tertiary/aromatic N) is 2. The van der Waals surface area contributed by atoms with E-state index in [4.69, 9.17) is 4.98 Å².